The molecule has 4 aliphatic rings. The summed E-state index contributed by atoms with van der Waals surface area (Å²) in [4.78, 5) is 57.5. The Kier molecular flexibility index (Phi) is 7.63. The van der Waals surface area contributed by atoms with Crippen molar-refractivity contribution in [2.45, 2.75) is 37.9 Å². The average molecular weight is 593 g/mol. The zero-order valence-electron chi connectivity index (χ0n) is 24.9. The van der Waals surface area contributed by atoms with Gasteiger partial charge in [0.15, 0.2) is 28.8 Å². The fourth-order valence-corrected chi connectivity index (χ4v) is 6.47. The number of anilines is 2. The Morgan fingerprint density at radius 3 is 2.12 bits per heavy atom. The van der Waals surface area contributed by atoms with E-state index in [1.807, 2.05) is 19.2 Å². The van der Waals surface area contributed by atoms with Crippen LogP contribution in [0.25, 0.3) is 0 Å². The summed E-state index contributed by atoms with van der Waals surface area (Å²) in [5, 5.41) is 0. The van der Waals surface area contributed by atoms with Crippen LogP contribution in [0.3, 0.4) is 0 Å². The number of carbonyl (C=O) groups is 4. The molecule has 2 unspecified atom stereocenters. The van der Waals surface area contributed by atoms with Crippen LogP contribution in [0.15, 0.2) is 24.3 Å². The van der Waals surface area contributed by atoms with Crippen molar-refractivity contribution in [2.75, 3.05) is 71.0 Å². The molecule has 0 spiro atoms. The van der Waals surface area contributed by atoms with E-state index in [9.17, 15) is 19.2 Å². The molecule has 12 nitrogen and oxygen atoms in total. The third kappa shape index (κ3) is 5.24. The number of benzene rings is 2. The quantitative estimate of drug-likeness (QED) is 0.421. The van der Waals surface area contributed by atoms with Crippen molar-refractivity contribution in [3.63, 3.8) is 0 Å². The predicted molar refractivity (Wildman–Crippen MR) is 157 cm³/mol. The summed E-state index contributed by atoms with van der Waals surface area (Å²) in [6.45, 7) is 2.51. The lowest BCUT2D eigenvalue weighted by molar-refractivity contribution is -0.122. The summed E-state index contributed by atoms with van der Waals surface area (Å²) in [7, 11) is 6.73. The van der Waals surface area contributed by atoms with Gasteiger partial charge in [-0.2, -0.15) is 0 Å². The van der Waals surface area contributed by atoms with Crippen molar-refractivity contribution in [3.05, 3.63) is 35.4 Å². The highest BCUT2D eigenvalue weighted by atomic mass is 16.5. The van der Waals surface area contributed by atoms with E-state index in [1.165, 1.54) is 16.9 Å². The molecule has 228 valence electrons. The number of Topliss-reactive ketones (excluding diaryl/α,β-unsaturated/α-hetero) is 2. The van der Waals surface area contributed by atoms with Crippen LogP contribution in [0.4, 0.5) is 11.4 Å². The van der Waals surface area contributed by atoms with Crippen LogP contribution >= 0.6 is 0 Å². The molecule has 0 aromatic heterocycles. The number of hydrogen-bond donors (Lipinski definition) is 0. The fraction of sp³-hybridized carbons (Fsp3) is 0.484. The second-order valence-electron chi connectivity index (χ2n) is 11.5. The van der Waals surface area contributed by atoms with E-state index < -0.39 is 6.04 Å². The van der Waals surface area contributed by atoms with E-state index in [0.717, 1.165) is 17.8 Å². The highest BCUT2D eigenvalue weighted by Crippen LogP contribution is 2.40. The van der Waals surface area contributed by atoms with Gasteiger partial charge in [0, 0.05) is 70.3 Å². The zero-order chi connectivity index (χ0) is 30.4. The number of fused-ring (bicyclic) bond motifs is 4. The molecule has 2 aromatic carbocycles. The van der Waals surface area contributed by atoms with Crippen molar-refractivity contribution < 1.29 is 38.1 Å². The van der Waals surface area contributed by atoms with Gasteiger partial charge in [-0.3, -0.25) is 24.1 Å². The molecule has 0 radical (unpaired) electrons. The molecule has 2 atom stereocenters. The number of methoxy groups -OCH3 is 2. The standard InChI is InChI=1S/C31H36N4O8/c1-32-15-19-9-20(36)16-34(19)14-18-8-26(40-3)28(12-23(18)32)42-6-5-7-43-29-13-24-22(11-27(29)41-4)30(38)35-17-21(37)10-25(35)31(39)33(24)2/h8,11-13,19,25H,5-7,9-10,14-17H2,1-4H3. The molecule has 0 aliphatic carbocycles. The van der Waals surface area contributed by atoms with Crippen LogP contribution in [0.1, 0.15) is 35.2 Å². The molecule has 4 aliphatic heterocycles. The van der Waals surface area contributed by atoms with Gasteiger partial charge in [-0.15, -0.1) is 0 Å². The van der Waals surface area contributed by atoms with E-state index in [1.54, 1.807) is 26.3 Å². The molecule has 2 amide bonds. The first-order chi connectivity index (χ1) is 20.7. The minimum absolute atomic E-state index is 0.0225. The van der Waals surface area contributed by atoms with Crippen LogP contribution in [0, 0.1) is 0 Å². The molecule has 12 heteroatoms. The van der Waals surface area contributed by atoms with Gasteiger partial charge in [-0.05, 0) is 17.7 Å². The number of ether oxygens (including phenoxy) is 4. The smallest absolute Gasteiger partial charge is 0.257 e. The molecular weight excluding hydrogens is 556 g/mol. The van der Waals surface area contributed by atoms with Gasteiger partial charge in [0.2, 0.25) is 5.91 Å². The summed E-state index contributed by atoms with van der Waals surface area (Å²) >= 11 is 0. The third-order valence-electron chi connectivity index (χ3n) is 8.69. The van der Waals surface area contributed by atoms with Gasteiger partial charge in [0.05, 0.1) is 51.8 Å². The maximum absolute atomic E-state index is 13.3. The number of rotatable bonds is 8. The summed E-state index contributed by atoms with van der Waals surface area (Å²) in [6.07, 6.45) is 1.14. The lowest BCUT2D eigenvalue weighted by atomic mass is 10.1. The lowest BCUT2D eigenvalue weighted by Gasteiger charge is -2.24. The largest absolute Gasteiger partial charge is 0.493 e. The molecule has 43 heavy (non-hydrogen) atoms. The maximum atomic E-state index is 13.3. The summed E-state index contributed by atoms with van der Waals surface area (Å²) in [5.41, 5.74) is 2.85. The molecule has 0 N–H and O–H groups in total. The molecule has 2 aromatic rings. The number of nitrogens with zero attached hydrogens (tertiary/aromatic N) is 4. The SMILES string of the molecule is COc1cc2c(cc1OCCCOc1cc3c(cc1OC)C(=O)N1CC(=O)CC1C(=O)N3C)N(C)CC1CC(=O)CN1C2. The second kappa shape index (κ2) is 11.4. The number of carbonyl (C=O) groups excluding carboxylic acids is 4. The fourth-order valence-electron chi connectivity index (χ4n) is 6.47. The normalized spacial score (nSPS) is 21.6. The highest BCUT2D eigenvalue weighted by molar-refractivity contribution is 6.14. The van der Waals surface area contributed by atoms with Crippen LogP contribution in [-0.2, 0) is 20.9 Å². The third-order valence-corrected chi connectivity index (χ3v) is 8.69. The number of ketones is 2. The van der Waals surface area contributed by atoms with E-state index in [2.05, 4.69) is 9.80 Å². The monoisotopic (exact) mass is 592 g/mol. The number of hydrogen-bond acceptors (Lipinski definition) is 10. The lowest BCUT2D eigenvalue weighted by Crippen LogP contribution is -2.43. The van der Waals surface area contributed by atoms with Gasteiger partial charge >= 0.3 is 0 Å². The first kappa shape index (κ1) is 28.8. The van der Waals surface area contributed by atoms with Crippen LogP contribution in [0.5, 0.6) is 23.0 Å². The predicted octanol–water partition coefficient (Wildman–Crippen LogP) is 1.90. The molecule has 6 rings (SSSR count). The van der Waals surface area contributed by atoms with Gasteiger partial charge in [-0.1, -0.05) is 0 Å². The molecular formula is C31H36N4O8. The summed E-state index contributed by atoms with van der Waals surface area (Å²) < 4.78 is 23.3. The van der Waals surface area contributed by atoms with Crippen molar-refractivity contribution >= 4 is 34.8 Å². The van der Waals surface area contributed by atoms with E-state index >= 15 is 0 Å². The van der Waals surface area contributed by atoms with E-state index in [4.69, 9.17) is 18.9 Å². The Morgan fingerprint density at radius 1 is 0.767 bits per heavy atom. The van der Waals surface area contributed by atoms with Crippen molar-refractivity contribution in [1.82, 2.24) is 9.80 Å². The second-order valence-corrected chi connectivity index (χ2v) is 11.5. The van der Waals surface area contributed by atoms with Gasteiger partial charge in [-0.25, -0.2) is 0 Å². The molecule has 0 bridgehead atoms. The van der Waals surface area contributed by atoms with Gasteiger partial charge < -0.3 is 33.6 Å². The Hall–Kier alpha value is -4.32. The molecule has 4 heterocycles. The molecule has 0 saturated carbocycles. The van der Waals surface area contributed by atoms with Gasteiger partial charge in [0.1, 0.15) is 11.8 Å². The summed E-state index contributed by atoms with van der Waals surface area (Å²) in [6, 6.07) is 6.60. The Bertz CT molecular complexity index is 1490. The first-order valence-electron chi connectivity index (χ1n) is 14.4. The van der Waals surface area contributed by atoms with Gasteiger partial charge in [0.25, 0.3) is 5.91 Å². The van der Waals surface area contributed by atoms with Crippen molar-refractivity contribution in [1.29, 1.82) is 0 Å². The average Bonchev–Trinajstić information content (AvgIpc) is 3.51. The van der Waals surface area contributed by atoms with Crippen molar-refractivity contribution in [2.24, 2.45) is 0 Å². The first-order valence-corrected chi connectivity index (χ1v) is 14.4. The maximum Gasteiger partial charge on any atom is 0.257 e. The number of amides is 2. The zero-order valence-corrected chi connectivity index (χ0v) is 24.9. The van der Waals surface area contributed by atoms with E-state index in [-0.39, 0.29) is 48.0 Å². The van der Waals surface area contributed by atoms with Crippen molar-refractivity contribution in [3.8, 4) is 23.0 Å². The highest BCUT2D eigenvalue weighted by Gasteiger charge is 2.44. The molecule has 2 saturated heterocycles. The summed E-state index contributed by atoms with van der Waals surface area (Å²) in [5.74, 6) is 1.48. The topological polar surface area (TPSA) is 118 Å². The van der Waals surface area contributed by atoms with Crippen LogP contribution in [-0.4, -0.2) is 106 Å². The van der Waals surface area contributed by atoms with Crippen LogP contribution in [0.2, 0.25) is 0 Å². The van der Waals surface area contributed by atoms with E-state index in [0.29, 0.717) is 67.8 Å². The van der Waals surface area contributed by atoms with Crippen LogP contribution < -0.4 is 28.7 Å². The number of likely N-dealkylation sites (N-methyl/N-ethyl adjacent to an activating group) is 2. The Morgan fingerprint density at radius 2 is 1.42 bits per heavy atom. The Balaban J connectivity index is 1.12. The minimum Gasteiger partial charge on any atom is -0.493 e. The minimum atomic E-state index is -0.795. The molecule has 2 fully saturated rings. The Labute approximate surface area is 250 Å².